The molecule has 0 aromatic heterocycles. The second-order valence-electron chi connectivity index (χ2n) is 5.39. The Bertz CT molecular complexity index is 356. The van der Waals surface area contributed by atoms with Gasteiger partial charge in [0.15, 0.2) is 0 Å². The Morgan fingerprint density at radius 3 is 2.44 bits per heavy atom. The molecule has 1 aromatic carbocycles. The molecule has 2 atom stereocenters. The molecule has 2 heteroatoms. The van der Waals surface area contributed by atoms with E-state index in [1.165, 1.54) is 31.2 Å². The van der Waals surface area contributed by atoms with Gasteiger partial charge in [0.1, 0.15) is 5.75 Å². The van der Waals surface area contributed by atoms with Crippen LogP contribution in [0.4, 0.5) is 0 Å². The maximum atomic E-state index is 5.20. The highest BCUT2D eigenvalue weighted by Crippen LogP contribution is 2.35. The Balaban J connectivity index is 1.94. The van der Waals surface area contributed by atoms with E-state index in [4.69, 9.17) is 4.74 Å². The van der Waals surface area contributed by atoms with Crippen LogP contribution in [0.2, 0.25) is 0 Å². The Hall–Kier alpha value is -1.02. The molecule has 1 N–H and O–H groups in total. The van der Waals surface area contributed by atoms with E-state index >= 15 is 0 Å². The fourth-order valence-electron chi connectivity index (χ4n) is 2.57. The van der Waals surface area contributed by atoms with Gasteiger partial charge in [-0.05, 0) is 49.8 Å². The first kappa shape index (κ1) is 13.4. The van der Waals surface area contributed by atoms with Crippen molar-refractivity contribution in [3.8, 4) is 5.75 Å². The van der Waals surface area contributed by atoms with Crippen LogP contribution < -0.4 is 10.1 Å². The quantitative estimate of drug-likeness (QED) is 0.788. The van der Waals surface area contributed by atoms with Gasteiger partial charge in [-0.2, -0.15) is 0 Å². The Morgan fingerprint density at radius 2 is 1.94 bits per heavy atom. The summed E-state index contributed by atoms with van der Waals surface area (Å²) in [4.78, 5) is 0. The number of hydrogen-bond donors (Lipinski definition) is 1. The van der Waals surface area contributed by atoms with E-state index < -0.39 is 0 Å². The van der Waals surface area contributed by atoms with Crippen LogP contribution in [0.15, 0.2) is 24.3 Å². The van der Waals surface area contributed by atoms with E-state index in [1.54, 1.807) is 7.11 Å². The standard InChI is InChI=1S/C16H25NO/c1-4-5-16(14-6-7-14)17-12(2)13-8-10-15(18-3)11-9-13/h8-12,14,16-17H,4-7H2,1-3H3. The molecule has 1 aliphatic carbocycles. The number of methoxy groups -OCH3 is 1. The van der Waals surface area contributed by atoms with Crippen LogP contribution in [-0.2, 0) is 0 Å². The summed E-state index contributed by atoms with van der Waals surface area (Å²) in [5.41, 5.74) is 1.34. The molecule has 100 valence electrons. The van der Waals surface area contributed by atoms with Gasteiger partial charge in [0.25, 0.3) is 0 Å². The zero-order valence-electron chi connectivity index (χ0n) is 11.8. The molecule has 0 aliphatic heterocycles. The molecule has 2 rings (SSSR count). The SMILES string of the molecule is CCCC(NC(C)c1ccc(OC)cc1)C1CC1. The summed E-state index contributed by atoms with van der Waals surface area (Å²) in [6.45, 7) is 4.53. The molecule has 0 saturated heterocycles. The molecule has 0 spiro atoms. The lowest BCUT2D eigenvalue weighted by atomic mass is 10.0. The van der Waals surface area contributed by atoms with Crippen LogP contribution in [0.5, 0.6) is 5.75 Å². The van der Waals surface area contributed by atoms with Gasteiger partial charge in [-0.15, -0.1) is 0 Å². The highest BCUT2D eigenvalue weighted by atomic mass is 16.5. The predicted molar refractivity (Wildman–Crippen MR) is 76.0 cm³/mol. The first-order chi connectivity index (χ1) is 8.74. The minimum Gasteiger partial charge on any atom is -0.497 e. The lowest BCUT2D eigenvalue weighted by Gasteiger charge is -2.23. The highest BCUT2D eigenvalue weighted by Gasteiger charge is 2.31. The minimum absolute atomic E-state index is 0.424. The summed E-state index contributed by atoms with van der Waals surface area (Å²) in [6, 6.07) is 9.53. The number of nitrogens with one attached hydrogen (secondary N) is 1. The van der Waals surface area contributed by atoms with Crippen LogP contribution in [-0.4, -0.2) is 13.2 Å². The number of hydrogen-bond acceptors (Lipinski definition) is 2. The van der Waals surface area contributed by atoms with E-state index in [1.807, 2.05) is 12.1 Å². The monoisotopic (exact) mass is 247 g/mol. The summed E-state index contributed by atoms with van der Waals surface area (Å²) < 4.78 is 5.20. The van der Waals surface area contributed by atoms with E-state index in [2.05, 4.69) is 31.3 Å². The van der Waals surface area contributed by atoms with Crippen molar-refractivity contribution in [2.45, 2.75) is 51.6 Å². The van der Waals surface area contributed by atoms with Gasteiger partial charge >= 0.3 is 0 Å². The molecule has 2 unspecified atom stereocenters. The van der Waals surface area contributed by atoms with Gasteiger partial charge < -0.3 is 10.1 Å². The second-order valence-corrected chi connectivity index (χ2v) is 5.39. The van der Waals surface area contributed by atoms with Crippen molar-refractivity contribution in [2.24, 2.45) is 5.92 Å². The Kier molecular flexibility index (Phi) is 4.65. The third-order valence-electron chi connectivity index (χ3n) is 3.87. The van der Waals surface area contributed by atoms with E-state index in [-0.39, 0.29) is 0 Å². The average Bonchev–Trinajstić information content (AvgIpc) is 3.22. The fourth-order valence-corrected chi connectivity index (χ4v) is 2.57. The van der Waals surface area contributed by atoms with Crippen LogP contribution >= 0.6 is 0 Å². The third kappa shape index (κ3) is 3.49. The zero-order chi connectivity index (χ0) is 13.0. The van der Waals surface area contributed by atoms with E-state index in [9.17, 15) is 0 Å². The van der Waals surface area contributed by atoms with Gasteiger partial charge in [0.05, 0.1) is 7.11 Å². The number of benzene rings is 1. The lowest BCUT2D eigenvalue weighted by Crippen LogP contribution is -2.33. The number of ether oxygens (including phenoxy) is 1. The van der Waals surface area contributed by atoms with Crippen LogP contribution in [0.3, 0.4) is 0 Å². The van der Waals surface area contributed by atoms with Crippen molar-refractivity contribution in [3.63, 3.8) is 0 Å². The smallest absolute Gasteiger partial charge is 0.118 e. The topological polar surface area (TPSA) is 21.3 Å². The highest BCUT2D eigenvalue weighted by molar-refractivity contribution is 5.28. The molecule has 2 nitrogen and oxygen atoms in total. The van der Waals surface area contributed by atoms with Crippen molar-refractivity contribution < 1.29 is 4.74 Å². The molecule has 1 aromatic rings. The number of rotatable bonds is 7. The van der Waals surface area contributed by atoms with Gasteiger partial charge in [0.2, 0.25) is 0 Å². The molecule has 0 radical (unpaired) electrons. The molecule has 0 bridgehead atoms. The summed E-state index contributed by atoms with van der Waals surface area (Å²) >= 11 is 0. The third-order valence-corrected chi connectivity index (χ3v) is 3.87. The zero-order valence-corrected chi connectivity index (χ0v) is 11.8. The maximum absolute atomic E-state index is 5.20. The largest absolute Gasteiger partial charge is 0.497 e. The Morgan fingerprint density at radius 1 is 1.28 bits per heavy atom. The first-order valence-electron chi connectivity index (χ1n) is 7.14. The molecule has 18 heavy (non-hydrogen) atoms. The molecule has 1 fully saturated rings. The van der Waals surface area contributed by atoms with Crippen LogP contribution in [0, 0.1) is 5.92 Å². The first-order valence-corrected chi connectivity index (χ1v) is 7.14. The second kappa shape index (κ2) is 6.24. The summed E-state index contributed by atoms with van der Waals surface area (Å²) in [6.07, 6.45) is 5.38. The molecule has 0 amide bonds. The molecular formula is C16H25NO. The van der Waals surface area contributed by atoms with Gasteiger partial charge in [-0.1, -0.05) is 25.5 Å². The fraction of sp³-hybridized carbons (Fsp3) is 0.625. The van der Waals surface area contributed by atoms with Crippen molar-refractivity contribution in [2.75, 3.05) is 7.11 Å². The van der Waals surface area contributed by atoms with Crippen molar-refractivity contribution in [3.05, 3.63) is 29.8 Å². The van der Waals surface area contributed by atoms with Crippen LogP contribution in [0.1, 0.15) is 51.1 Å². The van der Waals surface area contributed by atoms with Crippen molar-refractivity contribution in [1.29, 1.82) is 0 Å². The summed E-state index contributed by atoms with van der Waals surface area (Å²) in [5.74, 6) is 1.85. The van der Waals surface area contributed by atoms with Crippen LogP contribution in [0.25, 0.3) is 0 Å². The van der Waals surface area contributed by atoms with Crippen molar-refractivity contribution in [1.82, 2.24) is 5.32 Å². The molecular weight excluding hydrogens is 222 g/mol. The Labute approximate surface area is 111 Å². The van der Waals surface area contributed by atoms with Crippen molar-refractivity contribution >= 4 is 0 Å². The normalized spacial score (nSPS) is 18.4. The average molecular weight is 247 g/mol. The van der Waals surface area contributed by atoms with Gasteiger partial charge in [0, 0.05) is 12.1 Å². The molecule has 0 heterocycles. The predicted octanol–water partition coefficient (Wildman–Crippen LogP) is 3.92. The van der Waals surface area contributed by atoms with Gasteiger partial charge in [-0.25, -0.2) is 0 Å². The van der Waals surface area contributed by atoms with Gasteiger partial charge in [-0.3, -0.25) is 0 Å². The molecule has 1 saturated carbocycles. The molecule has 1 aliphatic rings. The summed E-state index contributed by atoms with van der Waals surface area (Å²) in [5, 5.41) is 3.79. The van der Waals surface area contributed by atoms with E-state index in [0.717, 1.165) is 11.7 Å². The minimum atomic E-state index is 0.424. The maximum Gasteiger partial charge on any atom is 0.118 e. The lowest BCUT2D eigenvalue weighted by molar-refractivity contribution is 0.389. The summed E-state index contributed by atoms with van der Waals surface area (Å²) in [7, 11) is 1.71. The van der Waals surface area contributed by atoms with E-state index in [0.29, 0.717) is 12.1 Å².